The van der Waals surface area contributed by atoms with Crippen LogP contribution in [0.3, 0.4) is 0 Å². The Bertz CT molecular complexity index is 438. The minimum atomic E-state index is -0.735. The fourth-order valence-corrected chi connectivity index (χ4v) is 2.14. The topological polar surface area (TPSA) is 84.3 Å². The molecule has 0 radical (unpaired) electrons. The van der Waals surface area contributed by atoms with E-state index in [1.54, 1.807) is 12.3 Å². The Morgan fingerprint density at radius 3 is 2.81 bits per heavy atom. The van der Waals surface area contributed by atoms with Crippen LogP contribution in [0.2, 0.25) is 0 Å². The summed E-state index contributed by atoms with van der Waals surface area (Å²) in [5.41, 5.74) is 0. The van der Waals surface area contributed by atoms with E-state index < -0.39 is 5.97 Å². The summed E-state index contributed by atoms with van der Waals surface area (Å²) in [6, 6.07) is 1.72. The molecule has 21 heavy (non-hydrogen) atoms. The van der Waals surface area contributed by atoms with Crippen molar-refractivity contribution in [3.8, 4) is 5.88 Å². The van der Waals surface area contributed by atoms with E-state index in [1.165, 1.54) is 0 Å². The van der Waals surface area contributed by atoms with Crippen molar-refractivity contribution in [2.45, 2.75) is 40.0 Å². The molecule has 2 N–H and O–H groups in total. The second-order valence-corrected chi connectivity index (χ2v) is 5.30. The van der Waals surface area contributed by atoms with Gasteiger partial charge in [0.1, 0.15) is 0 Å². The van der Waals surface area contributed by atoms with E-state index in [9.17, 15) is 4.79 Å². The Morgan fingerprint density at radius 1 is 1.43 bits per heavy atom. The van der Waals surface area contributed by atoms with E-state index in [4.69, 9.17) is 9.84 Å². The number of nitrogens with one attached hydrogen (secondary N) is 1. The van der Waals surface area contributed by atoms with Crippen LogP contribution >= 0.6 is 0 Å². The van der Waals surface area contributed by atoms with Gasteiger partial charge in [0, 0.05) is 25.2 Å². The number of carbonyl (C=O) groups is 1. The molecule has 6 nitrogen and oxygen atoms in total. The number of hydrogen-bond donors (Lipinski definition) is 2. The molecule has 0 aromatic carbocycles. The fraction of sp³-hybridized carbons (Fsp3) is 0.667. The summed E-state index contributed by atoms with van der Waals surface area (Å²) >= 11 is 0. The highest BCUT2D eigenvalue weighted by molar-refractivity contribution is 5.66. The van der Waals surface area contributed by atoms with Gasteiger partial charge in [-0.1, -0.05) is 13.8 Å². The predicted molar refractivity (Wildman–Crippen MR) is 81.5 cm³/mol. The zero-order valence-electron chi connectivity index (χ0n) is 13.0. The first-order chi connectivity index (χ1) is 10.0. The summed E-state index contributed by atoms with van der Waals surface area (Å²) < 4.78 is 5.32. The van der Waals surface area contributed by atoms with Crippen LogP contribution in [-0.2, 0) is 4.79 Å². The number of nitrogens with zero attached hydrogens (tertiary/aromatic N) is 2. The van der Waals surface area contributed by atoms with Crippen molar-refractivity contribution in [2.75, 3.05) is 18.5 Å². The summed E-state index contributed by atoms with van der Waals surface area (Å²) in [5, 5.41) is 11.9. The monoisotopic (exact) mass is 295 g/mol. The van der Waals surface area contributed by atoms with Crippen molar-refractivity contribution in [1.29, 1.82) is 0 Å². The largest absolute Gasteiger partial charge is 0.481 e. The van der Waals surface area contributed by atoms with Gasteiger partial charge in [0.05, 0.1) is 6.61 Å². The van der Waals surface area contributed by atoms with E-state index in [0.29, 0.717) is 36.7 Å². The van der Waals surface area contributed by atoms with Gasteiger partial charge in [0.25, 0.3) is 0 Å². The second-order valence-electron chi connectivity index (χ2n) is 5.30. The van der Waals surface area contributed by atoms with Gasteiger partial charge >= 0.3 is 5.97 Å². The molecule has 1 rings (SSSR count). The van der Waals surface area contributed by atoms with Gasteiger partial charge in [-0.3, -0.25) is 4.79 Å². The van der Waals surface area contributed by atoms with Crippen molar-refractivity contribution in [3.05, 3.63) is 12.3 Å². The molecule has 6 heteroatoms. The Kier molecular flexibility index (Phi) is 7.50. The molecule has 0 fully saturated rings. The van der Waals surface area contributed by atoms with Gasteiger partial charge in [-0.05, 0) is 31.6 Å². The molecule has 1 atom stereocenters. The quantitative estimate of drug-likeness (QED) is 0.690. The molecular weight excluding hydrogens is 270 g/mol. The van der Waals surface area contributed by atoms with Gasteiger partial charge in [0.15, 0.2) is 0 Å². The maximum atomic E-state index is 10.7. The summed E-state index contributed by atoms with van der Waals surface area (Å²) in [5.74, 6) is 1.20. The molecule has 118 valence electrons. The van der Waals surface area contributed by atoms with Crippen molar-refractivity contribution in [1.82, 2.24) is 9.97 Å². The normalized spacial score (nSPS) is 12.2. The fourth-order valence-electron chi connectivity index (χ4n) is 2.14. The average molecular weight is 295 g/mol. The zero-order chi connectivity index (χ0) is 15.7. The molecule has 1 unspecified atom stereocenters. The first-order valence-electron chi connectivity index (χ1n) is 7.44. The Balaban J connectivity index is 2.42. The number of aromatic nitrogens is 2. The SMILES string of the molecule is CCOc1ccnc(NCCC(CCC(=O)O)C(C)C)n1. The van der Waals surface area contributed by atoms with Crippen LogP contribution in [0.15, 0.2) is 12.3 Å². The third kappa shape index (κ3) is 6.92. The summed E-state index contributed by atoms with van der Waals surface area (Å²) in [7, 11) is 0. The van der Waals surface area contributed by atoms with E-state index in [1.807, 2.05) is 6.92 Å². The molecule has 1 aromatic heterocycles. The van der Waals surface area contributed by atoms with Crippen LogP contribution in [0.4, 0.5) is 5.95 Å². The summed E-state index contributed by atoms with van der Waals surface area (Å²) in [6.45, 7) is 7.45. The van der Waals surface area contributed by atoms with Gasteiger partial charge < -0.3 is 15.2 Å². The predicted octanol–water partition coefficient (Wildman–Crippen LogP) is 2.81. The number of carboxylic acid groups (broad SMARTS) is 1. The number of ether oxygens (including phenoxy) is 1. The summed E-state index contributed by atoms with van der Waals surface area (Å²) in [6.07, 6.45) is 3.48. The Morgan fingerprint density at radius 2 is 2.19 bits per heavy atom. The Hall–Kier alpha value is -1.85. The van der Waals surface area contributed by atoms with Gasteiger partial charge in [-0.15, -0.1) is 0 Å². The first kappa shape index (κ1) is 17.2. The van der Waals surface area contributed by atoms with Gasteiger partial charge in [0.2, 0.25) is 11.8 Å². The van der Waals surface area contributed by atoms with Crippen molar-refractivity contribution in [2.24, 2.45) is 11.8 Å². The zero-order valence-corrected chi connectivity index (χ0v) is 13.0. The highest BCUT2D eigenvalue weighted by Crippen LogP contribution is 2.21. The smallest absolute Gasteiger partial charge is 0.303 e. The number of aliphatic carboxylic acids is 1. The van der Waals surface area contributed by atoms with Crippen LogP contribution in [0.5, 0.6) is 5.88 Å². The molecule has 1 heterocycles. The van der Waals surface area contributed by atoms with Crippen LogP contribution in [-0.4, -0.2) is 34.2 Å². The highest BCUT2D eigenvalue weighted by atomic mass is 16.5. The molecule has 0 amide bonds. The minimum absolute atomic E-state index is 0.221. The molecule has 0 saturated heterocycles. The average Bonchev–Trinajstić information content (AvgIpc) is 2.42. The standard InChI is InChI=1S/C15H25N3O3/c1-4-21-13-8-10-17-15(18-13)16-9-7-12(11(2)3)5-6-14(19)20/h8,10-12H,4-7,9H2,1-3H3,(H,19,20)(H,16,17,18). The third-order valence-electron chi connectivity index (χ3n) is 3.39. The molecule has 1 aromatic rings. The third-order valence-corrected chi connectivity index (χ3v) is 3.39. The van der Waals surface area contributed by atoms with Crippen LogP contribution < -0.4 is 10.1 Å². The highest BCUT2D eigenvalue weighted by Gasteiger charge is 2.14. The Labute approximate surface area is 126 Å². The molecule has 0 saturated carbocycles. The van der Waals surface area contributed by atoms with Gasteiger partial charge in [-0.2, -0.15) is 4.98 Å². The molecule has 0 spiro atoms. The van der Waals surface area contributed by atoms with Crippen LogP contribution in [0, 0.1) is 11.8 Å². The molecule has 0 aliphatic heterocycles. The lowest BCUT2D eigenvalue weighted by atomic mass is 9.88. The second kappa shape index (κ2) is 9.15. The lowest BCUT2D eigenvalue weighted by Gasteiger charge is -2.20. The molecule has 0 aliphatic rings. The van der Waals surface area contributed by atoms with E-state index >= 15 is 0 Å². The maximum absolute atomic E-state index is 10.7. The van der Waals surface area contributed by atoms with Crippen LogP contribution in [0.1, 0.15) is 40.0 Å². The van der Waals surface area contributed by atoms with E-state index in [2.05, 4.69) is 29.1 Å². The lowest BCUT2D eigenvalue weighted by Crippen LogP contribution is -2.16. The lowest BCUT2D eigenvalue weighted by molar-refractivity contribution is -0.137. The number of carboxylic acids is 1. The minimum Gasteiger partial charge on any atom is -0.481 e. The molecule has 0 bridgehead atoms. The van der Waals surface area contributed by atoms with E-state index in [0.717, 1.165) is 13.0 Å². The first-order valence-corrected chi connectivity index (χ1v) is 7.44. The molecule has 0 aliphatic carbocycles. The van der Waals surface area contributed by atoms with E-state index in [-0.39, 0.29) is 6.42 Å². The maximum Gasteiger partial charge on any atom is 0.303 e. The number of hydrogen-bond acceptors (Lipinski definition) is 5. The van der Waals surface area contributed by atoms with Gasteiger partial charge in [-0.25, -0.2) is 4.98 Å². The molecular formula is C15H25N3O3. The number of rotatable bonds is 10. The van der Waals surface area contributed by atoms with Crippen molar-refractivity contribution in [3.63, 3.8) is 0 Å². The summed E-state index contributed by atoms with van der Waals surface area (Å²) in [4.78, 5) is 19.1. The van der Waals surface area contributed by atoms with Crippen molar-refractivity contribution >= 4 is 11.9 Å². The van der Waals surface area contributed by atoms with Crippen LogP contribution in [0.25, 0.3) is 0 Å². The number of anilines is 1. The van der Waals surface area contributed by atoms with Crippen molar-refractivity contribution < 1.29 is 14.6 Å².